The molecule has 120 valence electrons. The Morgan fingerprint density at radius 3 is 2.92 bits per heavy atom. The number of esters is 1. The number of nitrogens with zero attached hydrogens (tertiary/aromatic N) is 3. The molecule has 0 fully saturated rings. The number of hydrogen-bond acceptors (Lipinski definition) is 9. The molecule has 4 rings (SSSR count). The molecular weight excluding hydrogens is 366 g/mol. The molecule has 4 aromatic heterocycles. The smallest absolute Gasteiger partial charge is 0.358 e. The largest absolute Gasteiger partial charge is 0.451 e. The molecule has 0 bridgehead atoms. The molecule has 0 saturated heterocycles. The normalized spacial score (nSPS) is 10.8. The van der Waals surface area contributed by atoms with Gasteiger partial charge in [-0.25, -0.2) is 9.78 Å². The maximum Gasteiger partial charge on any atom is 0.358 e. The van der Waals surface area contributed by atoms with Crippen LogP contribution < -0.4 is 0 Å². The molecule has 0 aliphatic heterocycles. The van der Waals surface area contributed by atoms with Crippen molar-refractivity contribution in [1.29, 1.82) is 0 Å². The van der Waals surface area contributed by atoms with E-state index in [1.54, 1.807) is 16.7 Å². The van der Waals surface area contributed by atoms with Crippen molar-refractivity contribution in [2.75, 3.05) is 0 Å². The molecule has 0 unspecified atom stereocenters. The highest BCUT2D eigenvalue weighted by Crippen LogP contribution is 2.26. The number of hydrogen-bond donors (Lipinski definition) is 0. The minimum absolute atomic E-state index is 0.0808. The van der Waals surface area contributed by atoms with Crippen molar-refractivity contribution in [1.82, 2.24) is 15.1 Å². The Morgan fingerprint density at radius 1 is 1.17 bits per heavy atom. The second kappa shape index (κ2) is 6.63. The fourth-order valence-corrected chi connectivity index (χ4v) is 4.06. The standard InChI is InChI=1S/C15H9N3O3S3/c19-15(10-8-24-14(16-10)9-3-5-22-7-9)20-6-12-17-13(18-21-12)11-2-1-4-23-11/h1-5,7-8H,6H2. The van der Waals surface area contributed by atoms with E-state index in [1.165, 1.54) is 22.7 Å². The van der Waals surface area contributed by atoms with Crippen LogP contribution in [0.15, 0.2) is 44.2 Å². The molecule has 4 aromatic rings. The monoisotopic (exact) mass is 375 g/mol. The predicted molar refractivity (Wildman–Crippen MR) is 92.2 cm³/mol. The summed E-state index contributed by atoms with van der Waals surface area (Å²) in [7, 11) is 0. The van der Waals surface area contributed by atoms with Gasteiger partial charge in [0, 0.05) is 16.3 Å². The highest BCUT2D eigenvalue weighted by atomic mass is 32.1. The van der Waals surface area contributed by atoms with Gasteiger partial charge in [-0.1, -0.05) is 11.2 Å². The highest BCUT2D eigenvalue weighted by Gasteiger charge is 2.16. The van der Waals surface area contributed by atoms with E-state index < -0.39 is 5.97 Å². The summed E-state index contributed by atoms with van der Waals surface area (Å²) in [5.41, 5.74) is 1.28. The van der Waals surface area contributed by atoms with E-state index in [9.17, 15) is 4.79 Å². The van der Waals surface area contributed by atoms with Crippen molar-refractivity contribution in [2.45, 2.75) is 6.61 Å². The third-order valence-electron chi connectivity index (χ3n) is 3.02. The van der Waals surface area contributed by atoms with Crippen LogP contribution in [0.2, 0.25) is 0 Å². The van der Waals surface area contributed by atoms with E-state index in [4.69, 9.17) is 9.26 Å². The van der Waals surface area contributed by atoms with Gasteiger partial charge >= 0.3 is 5.97 Å². The molecular formula is C15H9N3O3S3. The minimum atomic E-state index is -0.511. The molecule has 0 N–H and O–H groups in total. The van der Waals surface area contributed by atoms with Crippen molar-refractivity contribution in [3.63, 3.8) is 0 Å². The average Bonchev–Trinajstić information content (AvgIpc) is 3.40. The summed E-state index contributed by atoms with van der Waals surface area (Å²) >= 11 is 4.50. The molecule has 4 heterocycles. The first-order valence-corrected chi connectivity index (χ1v) is 9.51. The van der Waals surface area contributed by atoms with Gasteiger partial charge in [-0.15, -0.1) is 22.7 Å². The zero-order valence-corrected chi connectivity index (χ0v) is 14.5. The molecule has 24 heavy (non-hydrogen) atoms. The summed E-state index contributed by atoms with van der Waals surface area (Å²) in [6.07, 6.45) is 0. The maximum atomic E-state index is 12.1. The van der Waals surface area contributed by atoms with Gasteiger partial charge in [-0.3, -0.25) is 0 Å². The van der Waals surface area contributed by atoms with E-state index in [-0.39, 0.29) is 18.2 Å². The molecule has 6 nitrogen and oxygen atoms in total. The Kier molecular flexibility index (Phi) is 4.20. The van der Waals surface area contributed by atoms with Crippen LogP contribution >= 0.6 is 34.0 Å². The average molecular weight is 375 g/mol. The summed E-state index contributed by atoms with van der Waals surface area (Å²) in [6, 6.07) is 5.76. The van der Waals surface area contributed by atoms with Crippen molar-refractivity contribution in [2.24, 2.45) is 0 Å². The van der Waals surface area contributed by atoms with Gasteiger partial charge in [0.25, 0.3) is 5.89 Å². The number of rotatable bonds is 5. The number of carbonyl (C=O) groups is 1. The maximum absolute atomic E-state index is 12.1. The Bertz CT molecular complexity index is 942. The number of thiazole rings is 1. The molecule has 0 atom stereocenters. The SMILES string of the molecule is O=C(OCc1nc(-c2cccs2)no1)c1csc(-c2ccsc2)n1. The van der Waals surface area contributed by atoms with E-state index in [2.05, 4.69) is 15.1 Å². The summed E-state index contributed by atoms with van der Waals surface area (Å²) in [6.45, 7) is -0.0808. The summed E-state index contributed by atoms with van der Waals surface area (Å²) in [4.78, 5) is 21.5. The van der Waals surface area contributed by atoms with Gasteiger partial charge < -0.3 is 9.26 Å². The second-order valence-electron chi connectivity index (χ2n) is 4.62. The molecule has 0 aliphatic rings. The third-order valence-corrected chi connectivity index (χ3v) is 5.46. The Hall–Kier alpha value is -2.36. The molecule has 9 heteroatoms. The van der Waals surface area contributed by atoms with Gasteiger partial charge in [0.2, 0.25) is 5.82 Å². The quantitative estimate of drug-likeness (QED) is 0.483. The van der Waals surface area contributed by atoms with E-state index in [0.717, 1.165) is 15.4 Å². The van der Waals surface area contributed by atoms with Crippen molar-refractivity contribution in [3.8, 4) is 21.3 Å². The first kappa shape index (κ1) is 15.2. The molecule has 0 aromatic carbocycles. The van der Waals surface area contributed by atoms with Crippen molar-refractivity contribution >= 4 is 40.0 Å². The Balaban J connectivity index is 1.40. The predicted octanol–water partition coefficient (Wildman–Crippen LogP) is 4.34. The second-order valence-corrected chi connectivity index (χ2v) is 7.20. The van der Waals surface area contributed by atoms with Crippen molar-refractivity contribution in [3.05, 3.63) is 51.3 Å². The number of thiophene rings is 2. The van der Waals surface area contributed by atoms with Crippen molar-refractivity contribution < 1.29 is 14.1 Å². The van der Waals surface area contributed by atoms with Gasteiger partial charge in [0.05, 0.1) is 4.88 Å². The topological polar surface area (TPSA) is 78.1 Å². The first-order valence-electron chi connectivity index (χ1n) is 6.81. The van der Waals surface area contributed by atoms with E-state index >= 15 is 0 Å². The summed E-state index contributed by atoms with van der Waals surface area (Å²) < 4.78 is 10.3. The minimum Gasteiger partial charge on any atom is -0.451 e. The lowest BCUT2D eigenvalue weighted by atomic mass is 10.3. The molecule has 0 radical (unpaired) electrons. The van der Waals surface area contributed by atoms with Crippen LogP contribution in [0.5, 0.6) is 0 Å². The lowest BCUT2D eigenvalue weighted by molar-refractivity contribution is 0.0424. The zero-order valence-electron chi connectivity index (χ0n) is 12.0. The molecule has 0 saturated carbocycles. The van der Waals surface area contributed by atoms with Crippen LogP contribution in [-0.4, -0.2) is 21.1 Å². The first-order chi connectivity index (χ1) is 11.8. The third kappa shape index (κ3) is 3.14. The van der Waals surface area contributed by atoms with Crippen LogP contribution in [0.3, 0.4) is 0 Å². The fourth-order valence-electron chi connectivity index (χ4n) is 1.91. The molecule has 0 spiro atoms. The van der Waals surface area contributed by atoms with Gasteiger partial charge in [0.1, 0.15) is 5.01 Å². The fraction of sp³-hybridized carbons (Fsp3) is 0.0667. The lowest BCUT2D eigenvalue weighted by Crippen LogP contribution is -2.05. The van der Waals surface area contributed by atoms with E-state index in [1.807, 2.05) is 34.3 Å². The van der Waals surface area contributed by atoms with Crippen LogP contribution in [-0.2, 0) is 11.3 Å². The van der Waals surface area contributed by atoms with Crippen LogP contribution in [0.1, 0.15) is 16.4 Å². The van der Waals surface area contributed by atoms with Crippen LogP contribution in [0.25, 0.3) is 21.3 Å². The lowest BCUT2D eigenvalue weighted by Gasteiger charge is -1.97. The number of carbonyl (C=O) groups excluding carboxylic acids is 1. The highest BCUT2D eigenvalue weighted by molar-refractivity contribution is 7.14. The van der Waals surface area contributed by atoms with E-state index in [0.29, 0.717) is 5.82 Å². The summed E-state index contributed by atoms with van der Waals surface area (Å²) in [5, 5.41) is 12.2. The Labute approximate surface area is 148 Å². The molecule has 0 aliphatic carbocycles. The summed E-state index contributed by atoms with van der Waals surface area (Å²) in [5.74, 6) is 0.230. The van der Waals surface area contributed by atoms with Gasteiger partial charge in [-0.2, -0.15) is 16.3 Å². The zero-order chi connectivity index (χ0) is 16.4. The van der Waals surface area contributed by atoms with Crippen LogP contribution in [0, 0.1) is 0 Å². The van der Waals surface area contributed by atoms with Crippen LogP contribution in [0.4, 0.5) is 0 Å². The van der Waals surface area contributed by atoms with Gasteiger partial charge in [0.15, 0.2) is 12.3 Å². The molecule has 0 amide bonds. The number of aromatic nitrogens is 3. The number of ether oxygens (including phenoxy) is 1. The Morgan fingerprint density at radius 2 is 2.12 bits per heavy atom. The van der Waals surface area contributed by atoms with Gasteiger partial charge in [-0.05, 0) is 22.9 Å².